The molecule has 3 rings (SSSR count). The highest BCUT2D eigenvalue weighted by atomic mass is 35.5. The zero-order valence-electron chi connectivity index (χ0n) is 13.5. The van der Waals surface area contributed by atoms with Gasteiger partial charge in [0.25, 0.3) is 5.91 Å². The molecule has 1 unspecified atom stereocenters. The first kappa shape index (κ1) is 21.2. The van der Waals surface area contributed by atoms with Crippen LogP contribution < -0.4 is 15.4 Å². The Balaban J connectivity index is 0.00000156. The fourth-order valence-electron chi connectivity index (χ4n) is 2.26. The minimum atomic E-state index is -0.457. The molecule has 2 aromatic rings. The maximum atomic E-state index is 12.1. The van der Waals surface area contributed by atoms with Crippen molar-refractivity contribution in [1.82, 2.24) is 10.3 Å². The van der Waals surface area contributed by atoms with Crippen LogP contribution in [-0.4, -0.2) is 36.7 Å². The molecule has 0 spiro atoms. The van der Waals surface area contributed by atoms with Gasteiger partial charge in [0.05, 0.1) is 12.3 Å². The first-order valence-corrected chi connectivity index (χ1v) is 7.57. The number of benzene rings is 1. The van der Waals surface area contributed by atoms with Crippen molar-refractivity contribution < 1.29 is 14.3 Å². The molecule has 1 amide bonds. The Morgan fingerprint density at radius 2 is 2.16 bits per heavy atom. The molecule has 25 heavy (non-hydrogen) atoms. The molecule has 8 heteroatoms. The zero-order chi connectivity index (χ0) is 15.9. The number of morpholine rings is 1. The molecule has 1 atom stereocenters. The number of nitrogens with one attached hydrogen (secondary N) is 2. The van der Waals surface area contributed by atoms with Gasteiger partial charge in [0, 0.05) is 31.0 Å². The summed E-state index contributed by atoms with van der Waals surface area (Å²) in [5.41, 5.74) is 1.53. The lowest BCUT2D eigenvalue weighted by atomic mass is 10.2. The number of carbonyl (C=O) groups is 1. The van der Waals surface area contributed by atoms with Gasteiger partial charge < -0.3 is 20.1 Å². The molecule has 2 N–H and O–H groups in total. The van der Waals surface area contributed by atoms with Crippen LogP contribution in [0, 0.1) is 0 Å². The van der Waals surface area contributed by atoms with Crippen molar-refractivity contribution in [3.63, 3.8) is 0 Å². The molecule has 0 radical (unpaired) electrons. The van der Waals surface area contributed by atoms with E-state index in [0.717, 1.165) is 12.2 Å². The summed E-state index contributed by atoms with van der Waals surface area (Å²) in [6, 6.07) is 13.0. The summed E-state index contributed by atoms with van der Waals surface area (Å²) < 4.78 is 11.1. The van der Waals surface area contributed by atoms with Crippen molar-refractivity contribution in [2.24, 2.45) is 0 Å². The summed E-state index contributed by atoms with van der Waals surface area (Å²) in [5, 5.41) is 5.98. The van der Waals surface area contributed by atoms with Gasteiger partial charge in [-0.2, -0.15) is 0 Å². The van der Waals surface area contributed by atoms with Crippen molar-refractivity contribution in [3.8, 4) is 5.75 Å². The third-order valence-electron chi connectivity index (χ3n) is 3.43. The molecule has 2 heterocycles. The van der Waals surface area contributed by atoms with Crippen LogP contribution in [-0.2, 0) is 16.1 Å². The Bertz CT molecular complexity index is 653. The van der Waals surface area contributed by atoms with E-state index in [1.165, 1.54) is 0 Å². The summed E-state index contributed by atoms with van der Waals surface area (Å²) in [4.78, 5) is 16.3. The molecular formula is C17H21Cl2N3O3. The van der Waals surface area contributed by atoms with Crippen LogP contribution in [0.5, 0.6) is 5.75 Å². The second kappa shape index (κ2) is 10.9. The number of aromatic nitrogens is 1. The van der Waals surface area contributed by atoms with E-state index in [9.17, 15) is 4.79 Å². The Morgan fingerprint density at radius 1 is 1.28 bits per heavy atom. The molecule has 0 saturated carbocycles. The molecule has 0 bridgehead atoms. The number of hydrogen-bond donors (Lipinski definition) is 2. The van der Waals surface area contributed by atoms with E-state index in [2.05, 4.69) is 15.6 Å². The number of carbonyl (C=O) groups excluding carboxylic acids is 1. The lowest BCUT2D eigenvalue weighted by Gasteiger charge is -2.22. The summed E-state index contributed by atoms with van der Waals surface area (Å²) in [5.74, 6) is 0.523. The molecule has 1 aromatic heterocycles. The third-order valence-corrected chi connectivity index (χ3v) is 3.43. The predicted octanol–water partition coefficient (Wildman–Crippen LogP) is 2.43. The van der Waals surface area contributed by atoms with Gasteiger partial charge in [0.1, 0.15) is 18.5 Å². The predicted molar refractivity (Wildman–Crippen MR) is 101 cm³/mol. The Morgan fingerprint density at radius 3 is 2.88 bits per heavy atom. The monoisotopic (exact) mass is 385 g/mol. The van der Waals surface area contributed by atoms with Gasteiger partial charge in [0.15, 0.2) is 0 Å². The SMILES string of the molecule is Cl.Cl.O=C(Nc1cccc(OCc2ccccn2)c1)C1CNCCO1. The van der Waals surface area contributed by atoms with Gasteiger partial charge in [-0.1, -0.05) is 12.1 Å². The highest BCUT2D eigenvalue weighted by molar-refractivity contribution is 5.94. The van der Waals surface area contributed by atoms with Crippen LogP contribution in [0.25, 0.3) is 0 Å². The van der Waals surface area contributed by atoms with E-state index in [-0.39, 0.29) is 30.7 Å². The summed E-state index contributed by atoms with van der Waals surface area (Å²) in [6.45, 7) is 2.24. The summed E-state index contributed by atoms with van der Waals surface area (Å²) in [6.07, 6.45) is 1.27. The number of amides is 1. The summed E-state index contributed by atoms with van der Waals surface area (Å²) >= 11 is 0. The van der Waals surface area contributed by atoms with Gasteiger partial charge in [-0.15, -0.1) is 24.8 Å². The topological polar surface area (TPSA) is 72.5 Å². The molecule has 0 aliphatic carbocycles. The fraction of sp³-hybridized carbons (Fsp3) is 0.294. The molecule has 6 nitrogen and oxygen atoms in total. The highest BCUT2D eigenvalue weighted by Gasteiger charge is 2.21. The maximum absolute atomic E-state index is 12.1. The third kappa shape index (κ3) is 6.51. The first-order chi connectivity index (χ1) is 11.3. The van der Waals surface area contributed by atoms with Crippen LogP contribution >= 0.6 is 24.8 Å². The van der Waals surface area contributed by atoms with Gasteiger partial charge in [-0.25, -0.2) is 0 Å². The first-order valence-electron chi connectivity index (χ1n) is 7.57. The average molecular weight is 386 g/mol. The maximum Gasteiger partial charge on any atom is 0.254 e. The lowest BCUT2D eigenvalue weighted by Crippen LogP contribution is -2.45. The van der Waals surface area contributed by atoms with Crippen LogP contribution in [0.2, 0.25) is 0 Å². The Kier molecular flexibility index (Phi) is 9.23. The normalized spacial score (nSPS) is 16.1. The molecule has 1 fully saturated rings. The number of hydrogen-bond acceptors (Lipinski definition) is 5. The van der Waals surface area contributed by atoms with Gasteiger partial charge in [0.2, 0.25) is 0 Å². The average Bonchev–Trinajstić information content (AvgIpc) is 2.62. The smallest absolute Gasteiger partial charge is 0.254 e. The quantitative estimate of drug-likeness (QED) is 0.826. The van der Waals surface area contributed by atoms with E-state index in [1.807, 2.05) is 36.4 Å². The van der Waals surface area contributed by atoms with Crippen LogP contribution in [0.15, 0.2) is 48.7 Å². The highest BCUT2D eigenvalue weighted by Crippen LogP contribution is 2.18. The van der Waals surface area contributed by atoms with Crippen molar-refractivity contribution in [1.29, 1.82) is 0 Å². The van der Waals surface area contributed by atoms with Crippen LogP contribution in [0.1, 0.15) is 5.69 Å². The van der Waals surface area contributed by atoms with E-state index in [0.29, 0.717) is 31.2 Å². The minimum Gasteiger partial charge on any atom is -0.487 e. The van der Waals surface area contributed by atoms with Crippen LogP contribution in [0.4, 0.5) is 5.69 Å². The molecular weight excluding hydrogens is 365 g/mol. The summed E-state index contributed by atoms with van der Waals surface area (Å²) in [7, 11) is 0. The number of nitrogens with zero attached hydrogens (tertiary/aromatic N) is 1. The van der Waals surface area contributed by atoms with Crippen molar-refractivity contribution in [2.45, 2.75) is 12.7 Å². The van der Waals surface area contributed by atoms with Crippen molar-refractivity contribution >= 4 is 36.4 Å². The van der Waals surface area contributed by atoms with E-state index < -0.39 is 6.10 Å². The standard InChI is InChI=1S/C17H19N3O3.2ClH/c21-17(16-11-18-8-9-22-16)20-13-5-3-6-15(10-13)23-12-14-4-1-2-7-19-14;;/h1-7,10,16,18H,8-9,11-12H2,(H,20,21);2*1H. The van der Waals surface area contributed by atoms with Crippen LogP contribution in [0.3, 0.4) is 0 Å². The number of ether oxygens (including phenoxy) is 2. The van der Waals surface area contributed by atoms with E-state index in [4.69, 9.17) is 9.47 Å². The van der Waals surface area contributed by atoms with Gasteiger partial charge in [-0.05, 0) is 24.3 Å². The number of anilines is 1. The molecule has 1 aliphatic heterocycles. The van der Waals surface area contributed by atoms with Crippen molar-refractivity contribution in [3.05, 3.63) is 54.4 Å². The van der Waals surface area contributed by atoms with Crippen molar-refractivity contribution in [2.75, 3.05) is 25.0 Å². The second-order valence-electron chi connectivity index (χ2n) is 5.19. The van der Waals surface area contributed by atoms with Gasteiger partial charge in [-0.3, -0.25) is 9.78 Å². The number of pyridine rings is 1. The Labute approximate surface area is 159 Å². The second-order valence-corrected chi connectivity index (χ2v) is 5.19. The lowest BCUT2D eigenvalue weighted by molar-refractivity contribution is -0.128. The van der Waals surface area contributed by atoms with Gasteiger partial charge >= 0.3 is 0 Å². The number of rotatable bonds is 5. The molecule has 1 aliphatic rings. The van der Waals surface area contributed by atoms with E-state index >= 15 is 0 Å². The minimum absolute atomic E-state index is 0. The number of halogens is 2. The Hall–Kier alpha value is -1.86. The fourth-order valence-corrected chi connectivity index (χ4v) is 2.26. The molecule has 136 valence electrons. The van der Waals surface area contributed by atoms with E-state index in [1.54, 1.807) is 12.3 Å². The largest absolute Gasteiger partial charge is 0.487 e. The zero-order valence-corrected chi connectivity index (χ0v) is 15.1. The molecule has 1 saturated heterocycles. The molecule has 1 aromatic carbocycles.